The first-order valence-electron chi connectivity index (χ1n) is 5.41. The zero-order valence-corrected chi connectivity index (χ0v) is 11.0. The number of hydrogen-bond donors (Lipinski definition) is 1. The molecule has 0 aliphatic rings. The Kier molecular flexibility index (Phi) is 6.56. The summed E-state index contributed by atoms with van der Waals surface area (Å²) in [5.41, 5.74) is 1.06. The summed E-state index contributed by atoms with van der Waals surface area (Å²) in [6.07, 6.45) is 2.01. The molecule has 0 unspecified atom stereocenters. The average Bonchev–Trinajstić information content (AvgIpc) is 2.63. The number of methoxy groups -OCH3 is 2. The molecular formula is C11H20N2O2S. The van der Waals surface area contributed by atoms with Crippen molar-refractivity contribution in [3.05, 3.63) is 15.6 Å². The molecule has 0 saturated heterocycles. The molecule has 0 radical (unpaired) electrons. The SMILES string of the molecule is CNCc1sc(CCCOC)nc1COC. The summed E-state index contributed by atoms with van der Waals surface area (Å²) in [5.74, 6) is 0. The summed E-state index contributed by atoms with van der Waals surface area (Å²) in [4.78, 5) is 5.86. The van der Waals surface area contributed by atoms with E-state index in [1.165, 1.54) is 9.88 Å². The van der Waals surface area contributed by atoms with Crippen molar-refractivity contribution in [2.45, 2.75) is 26.0 Å². The van der Waals surface area contributed by atoms with Crippen molar-refractivity contribution in [2.24, 2.45) is 0 Å². The molecule has 92 valence electrons. The number of aryl methyl sites for hydroxylation is 1. The molecule has 0 saturated carbocycles. The van der Waals surface area contributed by atoms with Crippen LogP contribution in [0, 0.1) is 0 Å². The largest absolute Gasteiger partial charge is 0.385 e. The molecule has 0 fully saturated rings. The third-order valence-electron chi connectivity index (χ3n) is 2.18. The lowest BCUT2D eigenvalue weighted by Crippen LogP contribution is -2.06. The van der Waals surface area contributed by atoms with E-state index in [2.05, 4.69) is 10.3 Å². The van der Waals surface area contributed by atoms with Gasteiger partial charge in [0.05, 0.1) is 17.3 Å². The second-order valence-corrected chi connectivity index (χ2v) is 4.71. The van der Waals surface area contributed by atoms with Crippen LogP contribution < -0.4 is 5.32 Å². The van der Waals surface area contributed by atoms with Crippen molar-refractivity contribution in [1.29, 1.82) is 0 Å². The van der Waals surface area contributed by atoms with Crippen LogP contribution >= 0.6 is 11.3 Å². The number of hydrogen-bond acceptors (Lipinski definition) is 5. The first-order chi connectivity index (χ1) is 7.81. The summed E-state index contributed by atoms with van der Waals surface area (Å²) in [6, 6.07) is 0. The molecule has 1 aromatic rings. The van der Waals surface area contributed by atoms with E-state index < -0.39 is 0 Å². The molecule has 16 heavy (non-hydrogen) atoms. The highest BCUT2D eigenvalue weighted by Gasteiger charge is 2.09. The van der Waals surface area contributed by atoms with Crippen molar-refractivity contribution < 1.29 is 9.47 Å². The van der Waals surface area contributed by atoms with E-state index in [1.807, 2.05) is 7.05 Å². The highest BCUT2D eigenvalue weighted by Crippen LogP contribution is 2.20. The maximum absolute atomic E-state index is 5.15. The Labute approximate surface area is 101 Å². The first kappa shape index (κ1) is 13.6. The number of nitrogens with zero attached hydrogens (tertiary/aromatic N) is 1. The van der Waals surface area contributed by atoms with E-state index in [4.69, 9.17) is 9.47 Å². The highest BCUT2D eigenvalue weighted by atomic mass is 32.1. The molecule has 0 atom stereocenters. The third kappa shape index (κ3) is 4.17. The lowest BCUT2D eigenvalue weighted by Gasteiger charge is -1.98. The number of ether oxygens (including phenoxy) is 2. The molecule has 0 bridgehead atoms. The summed E-state index contributed by atoms with van der Waals surface area (Å²) in [5, 5.41) is 4.33. The van der Waals surface area contributed by atoms with Crippen LogP contribution in [0.4, 0.5) is 0 Å². The monoisotopic (exact) mass is 244 g/mol. The van der Waals surface area contributed by atoms with Gasteiger partial charge < -0.3 is 14.8 Å². The zero-order valence-electron chi connectivity index (χ0n) is 10.2. The van der Waals surface area contributed by atoms with E-state index in [0.29, 0.717) is 6.61 Å². The molecule has 1 aromatic heterocycles. The summed E-state index contributed by atoms with van der Waals surface area (Å²) in [6.45, 7) is 2.25. The fourth-order valence-corrected chi connectivity index (χ4v) is 2.59. The zero-order chi connectivity index (χ0) is 11.8. The van der Waals surface area contributed by atoms with E-state index in [9.17, 15) is 0 Å². The number of aromatic nitrogens is 1. The van der Waals surface area contributed by atoms with E-state index >= 15 is 0 Å². The van der Waals surface area contributed by atoms with Gasteiger partial charge in [-0.1, -0.05) is 0 Å². The Morgan fingerprint density at radius 2 is 2.12 bits per heavy atom. The molecule has 0 spiro atoms. The normalized spacial score (nSPS) is 10.9. The molecule has 5 heteroatoms. The topological polar surface area (TPSA) is 43.4 Å². The quantitative estimate of drug-likeness (QED) is 0.705. The summed E-state index contributed by atoms with van der Waals surface area (Å²) < 4.78 is 10.2. The van der Waals surface area contributed by atoms with Gasteiger partial charge in [0.25, 0.3) is 0 Å². The van der Waals surface area contributed by atoms with Gasteiger partial charge in [0.15, 0.2) is 0 Å². The molecule has 4 nitrogen and oxygen atoms in total. The van der Waals surface area contributed by atoms with Gasteiger partial charge in [-0.05, 0) is 13.5 Å². The molecule has 0 aromatic carbocycles. The van der Waals surface area contributed by atoms with Crippen molar-refractivity contribution in [1.82, 2.24) is 10.3 Å². The van der Waals surface area contributed by atoms with Gasteiger partial charge >= 0.3 is 0 Å². The van der Waals surface area contributed by atoms with E-state index in [1.54, 1.807) is 25.6 Å². The fourth-order valence-electron chi connectivity index (χ4n) is 1.46. The number of thiazole rings is 1. The predicted molar refractivity (Wildman–Crippen MR) is 65.8 cm³/mol. The van der Waals surface area contributed by atoms with Crippen molar-refractivity contribution in [3.63, 3.8) is 0 Å². The second-order valence-electron chi connectivity index (χ2n) is 3.54. The lowest BCUT2D eigenvalue weighted by atomic mass is 10.3. The maximum Gasteiger partial charge on any atom is 0.0933 e. The third-order valence-corrected chi connectivity index (χ3v) is 3.34. The average molecular weight is 244 g/mol. The Bertz CT molecular complexity index is 279. The first-order valence-corrected chi connectivity index (χ1v) is 6.23. The Hall–Kier alpha value is -0.490. The smallest absolute Gasteiger partial charge is 0.0933 e. The van der Waals surface area contributed by atoms with Gasteiger partial charge in [-0.15, -0.1) is 11.3 Å². The van der Waals surface area contributed by atoms with Crippen molar-refractivity contribution >= 4 is 11.3 Å². The molecular weight excluding hydrogens is 224 g/mol. The van der Waals surface area contributed by atoms with Crippen LogP contribution in [-0.2, 0) is 29.0 Å². The number of rotatable bonds is 8. The molecule has 1 rings (SSSR count). The Morgan fingerprint density at radius 1 is 1.31 bits per heavy atom. The van der Waals surface area contributed by atoms with Crippen LogP contribution in [-0.4, -0.2) is 32.9 Å². The summed E-state index contributed by atoms with van der Waals surface area (Å²) >= 11 is 1.77. The van der Waals surface area contributed by atoms with E-state index in [-0.39, 0.29) is 0 Å². The molecule has 0 aliphatic heterocycles. The van der Waals surface area contributed by atoms with Crippen LogP contribution in [0.1, 0.15) is 22.0 Å². The van der Waals surface area contributed by atoms with Gasteiger partial charge in [0.2, 0.25) is 0 Å². The minimum absolute atomic E-state index is 0.595. The lowest BCUT2D eigenvalue weighted by molar-refractivity contribution is 0.181. The van der Waals surface area contributed by atoms with Crippen LogP contribution in [0.25, 0.3) is 0 Å². The van der Waals surface area contributed by atoms with Gasteiger partial charge in [0.1, 0.15) is 0 Å². The molecule has 1 N–H and O–H groups in total. The van der Waals surface area contributed by atoms with E-state index in [0.717, 1.165) is 31.7 Å². The maximum atomic E-state index is 5.15. The Morgan fingerprint density at radius 3 is 2.75 bits per heavy atom. The molecule has 0 aliphatic carbocycles. The summed E-state index contributed by atoms with van der Waals surface area (Å²) in [7, 11) is 5.37. The Balaban J connectivity index is 2.60. The minimum atomic E-state index is 0.595. The standard InChI is InChI=1S/C11H20N2O2S/c1-12-7-10-9(8-15-3)13-11(16-10)5-4-6-14-2/h12H,4-8H2,1-3H3. The van der Waals surface area contributed by atoms with Crippen LogP contribution in [0.2, 0.25) is 0 Å². The minimum Gasteiger partial charge on any atom is -0.385 e. The molecule has 1 heterocycles. The second kappa shape index (κ2) is 7.73. The van der Waals surface area contributed by atoms with Gasteiger partial charge in [-0.2, -0.15) is 0 Å². The van der Waals surface area contributed by atoms with Crippen molar-refractivity contribution in [3.8, 4) is 0 Å². The highest BCUT2D eigenvalue weighted by molar-refractivity contribution is 7.11. The van der Waals surface area contributed by atoms with Gasteiger partial charge in [-0.3, -0.25) is 0 Å². The predicted octanol–water partition coefficient (Wildman–Crippen LogP) is 1.59. The van der Waals surface area contributed by atoms with Gasteiger partial charge in [0, 0.05) is 38.7 Å². The van der Waals surface area contributed by atoms with Gasteiger partial charge in [-0.25, -0.2) is 4.98 Å². The van der Waals surface area contributed by atoms with Crippen molar-refractivity contribution in [2.75, 3.05) is 27.9 Å². The van der Waals surface area contributed by atoms with Crippen LogP contribution in [0.3, 0.4) is 0 Å². The van der Waals surface area contributed by atoms with Crippen LogP contribution in [0.15, 0.2) is 0 Å². The molecule has 0 amide bonds. The van der Waals surface area contributed by atoms with Crippen LogP contribution in [0.5, 0.6) is 0 Å². The fraction of sp³-hybridized carbons (Fsp3) is 0.727. The number of nitrogens with one attached hydrogen (secondary N) is 1.